The first kappa shape index (κ1) is 7.61. The number of unbranched alkanes of at least 4 members (excludes halogenated alkanes) is 1. The fourth-order valence-electron chi connectivity index (χ4n) is 0.762. The van der Waals surface area contributed by atoms with Gasteiger partial charge in [0.1, 0.15) is 17.2 Å². The van der Waals surface area contributed by atoms with E-state index < -0.39 is 0 Å². The van der Waals surface area contributed by atoms with E-state index in [4.69, 9.17) is 11.6 Å². The highest BCUT2D eigenvalue weighted by Crippen LogP contribution is 2.04. The Morgan fingerprint density at radius 1 is 1.70 bits per heavy atom. The summed E-state index contributed by atoms with van der Waals surface area (Å²) in [5, 5.41) is 0.506. The van der Waals surface area contributed by atoms with E-state index in [1.807, 2.05) is 0 Å². The molecule has 1 rings (SSSR count). The lowest BCUT2D eigenvalue weighted by atomic mass is 10.2. The van der Waals surface area contributed by atoms with Gasteiger partial charge in [0, 0.05) is 6.42 Å². The first-order valence-electron chi connectivity index (χ1n) is 3.45. The zero-order valence-electron chi connectivity index (χ0n) is 5.95. The van der Waals surface area contributed by atoms with Crippen molar-refractivity contribution in [2.45, 2.75) is 26.2 Å². The van der Waals surface area contributed by atoms with Crippen molar-refractivity contribution >= 4 is 11.6 Å². The molecular formula is C7H10ClN2. The maximum atomic E-state index is 5.57. The quantitative estimate of drug-likeness (QED) is 0.716. The molecule has 0 atom stereocenters. The maximum absolute atomic E-state index is 5.57. The van der Waals surface area contributed by atoms with Crippen molar-refractivity contribution in [1.29, 1.82) is 0 Å². The Hall–Kier alpha value is -0.500. The van der Waals surface area contributed by atoms with Crippen molar-refractivity contribution < 1.29 is 0 Å². The zero-order valence-corrected chi connectivity index (χ0v) is 6.70. The molecule has 1 N–H and O–H groups in total. The molecule has 0 spiro atoms. The molecule has 0 bridgehead atoms. The standard InChI is InChI=1S/C7H10ClN2/c1-2-3-4-7-9-5-6(8)10-7/h2-4H2,1H3,(H,9,10). The van der Waals surface area contributed by atoms with Gasteiger partial charge in [0.15, 0.2) is 0 Å². The van der Waals surface area contributed by atoms with Crippen LogP contribution in [-0.2, 0) is 6.42 Å². The molecule has 0 amide bonds. The van der Waals surface area contributed by atoms with Gasteiger partial charge >= 0.3 is 0 Å². The molecule has 3 heteroatoms. The summed E-state index contributed by atoms with van der Waals surface area (Å²) in [5.74, 6) is 0.937. The first-order chi connectivity index (χ1) is 4.83. The van der Waals surface area contributed by atoms with Crippen molar-refractivity contribution in [3.05, 3.63) is 17.2 Å². The van der Waals surface area contributed by atoms with Crippen LogP contribution in [-0.4, -0.2) is 9.97 Å². The molecule has 1 aromatic rings. The number of aromatic amines is 1. The third kappa shape index (κ3) is 2.03. The molecule has 0 saturated heterocycles. The van der Waals surface area contributed by atoms with E-state index in [9.17, 15) is 0 Å². The lowest BCUT2D eigenvalue weighted by Gasteiger charge is -1.90. The van der Waals surface area contributed by atoms with E-state index in [1.165, 1.54) is 6.42 Å². The van der Waals surface area contributed by atoms with Crippen molar-refractivity contribution in [2.24, 2.45) is 0 Å². The van der Waals surface area contributed by atoms with Crippen molar-refractivity contribution in [3.8, 4) is 0 Å². The summed E-state index contributed by atoms with van der Waals surface area (Å²) >= 11 is 5.57. The molecule has 55 valence electrons. The minimum Gasteiger partial charge on any atom is -0.332 e. The SMILES string of the molecule is CCCCc1n[c]c(Cl)[nH]1. The summed E-state index contributed by atoms with van der Waals surface area (Å²) in [4.78, 5) is 6.85. The molecule has 0 aliphatic heterocycles. The van der Waals surface area contributed by atoms with Gasteiger partial charge in [0.05, 0.1) is 0 Å². The van der Waals surface area contributed by atoms with Gasteiger partial charge in [-0.2, -0.15) is 0 Å². The number of hydrogen-bond donors (Lipinski definition) is 1. The normalized spacial score (nSPS) is 10.2. The topological polar surface area (TPSA) is 28.7 Å². The number of imidazole rings is 1. The first-order valence-corrected chi connectivity index (χ1v) is 3.82. The smallest absolute Gasteiger partial charge is 0.136 e. The Bertz CT molecular complexity index is 195. The van der Waals surface area contributed by atoms with Crippen LogP contribution in [0.2, 0.25) is 5.15 Å². The molecule has 0 saturated carbocycles. The van der Waals surface area contributed by atoms with E-state index in [0.29, 0.717) is 5.15 Å². The number of aromatic nitrogens is 2. The number of nitrogens with zero attached hydrogens (tertiary/aromatic N) is 1. The highest BCUT2D eigenvalue weighted by molar-refractivity contribution is 6.29. The molecule has 0 unspecified atom stereocenters. The van der Waals surface area contributed by atoms with Crippen LogP contribution >= 0.6 is 11.6 Å². The average Bonchev–Trinajstić information content (AvgIpc) is 2.31. The van der Waals surface area contributed by atoms with Gasteiger partial charge < -0.3 is 4.98 Å². The Kier molecular flexibility index (Phi) is 2.75. The summed E-state index contributed by atoms with van der Waals surface area (Å²) in [7, 11) is 0. The number of rotatable bonds is 3. The number of nitrogens with one attached hydrogen (secondary N) is 1. The predicted molar refractivity (Wildman–Crippen MR) is 41.0 cm³/mol. The van der Waals surface area contributed by atoms with Gasteiger partial charge in [-0.3, -0.25) is 0 Å². The minimum atomic E-state index is 0.506. The Balaban J connectivity index is 2.42. The molecular weight excluding hydrogens is 148 g/mol. The van der Waals surface area contributed by atoms with Crippen LogP contribution in [0.3, 0.4) is 0 Å². The van der Waals surface area contributed by atoms with Crippen LogP contribution < -0.4 is 0 Å². The molecule has 1 radical (unpaired) electrons. The number of halogens is 1. The van der Waals surface area contributed by atoms with E-state index in [-0.39, 0.29) is 0 Å². The van der Waals surface area contributed by atoms with E-state index in [0.717, 1.165) is 18.7 Å². The predicted octanol–water partition coefficient (Wildman–Crippen LogP) is 2.21. The Morgan fingerprint density at radius 3 is 3.00 bits per heavy atom. The van der Waals surface area contributed by atoms with Gasteiger partial charge in [-0.1, -0.05) is 24.9 Å². The Morgan fingerprint density at radius 2 is 2.50 bits per heavy atom. The summed E-state index contributed by atoms with van der Waals surface area (Å²) < 4.78 is 0. The largest absolute Gasteiger partial charge is 0.332 e. The lowest BCUT2D eigenvalue weighted by molar-refractivity contribution is 0.762. The molecule has 0 fully saturated rings. The second-order valence-corrected chi connectivity index (χ2v) is 2.59. The molecule has 2 nitrogen and oxygen atoms in total. The van der Waals surface area contributed by atoms with Gasteiger partial charge in [0.2, 0.25) is 0 Å². The van der Waals surface area contributed by atoms with Crippen LogP contribution in [0.15, 0.2) is 0 Å². The third-order valence-corrected chi connectivity index (χ3v) is 1.49. The monoisotopic (exact) mass is 157 g/mol. The third-order valence-electron chi connectivity index (χ3n) is 1.31. The van der Waals surface area contributed by atoms with Gasteiger partial charge in [-0.05, 0) is 6.42 Å². The van der Waals surface area contributed by atoms with Gasteiger partial charge in [0.25, 0.3) is 0 Å². The summed E-state index contributed by atoms with van der Waals surface area (Å²) in [6, 6.07) is 0. The molecule has 1 aromatic heterocycles. The number of aryl methyl sites for hydroxylation is 1. The van der Waals surface area contributed by atoms with Crippen molar-refractivity contribution in [1.82, 2.24) is 9.97 Å². The lowest BCUT2D eigenvalue weighted by Crippen LogP contribution is -1.86. The van der Waals surface area contributed by atoms with E-state index in [2.05, 4.69) is 23.1 Å². The van der Waals surface area contributed by atoms with Crippen molar-refractivity contribution in [2.75, 3.05) is 0 Å². The van der Waals surface area contributed by atoms with Gasteiger partial charge in [-0.15, -0.1) is 0 Å². The van der Waals surface area contributed by atoms with Crippen LogP contribution in [0.5, 0.6) is 0 Å². The molecule has 0 aliphatic rings. The van der Waals surface area contributed by atoms with Crippen LogP contribution in [0.4, 0.5) is 0 Å². The highest BCUT2D eigenvalue weighted by Gasteiger charge is 1.96. The van der Waals surface area contributed by atoms with Crippen molar-refractivity contribution in [3.63, 3.8) is 0 Å². The van der Waals surface area contributed by atoms with Crippen LogP contribution in [0, 0.1) is 6.20 Å². The minimum absolute atomic E-state index is 0.506. The van der Waals surface area contributed by atoms with Crippen LogP contribution in [0.1, 0.15) is 25.6 Å². The second-order valence-electron chi connectivity index (χ2n) is 2.21. The average molecular weight is 158 g/mol. The highest BCUT2D eigenvalue weighted by atomic mass is 35.5. The zero-order chi connectivity index (χ0) is 7.40. The molecule has 1 heterocycles. The van der Waals surface area contributed by atoms with E-state index in [1.54, 1.807) is 0 Å². The summed E-state index contributed by atoms with van der Waals surface area (Å²) in [5.41, 5.74) is 0. The Labute approximate surface area is 65.6 Å². The molecule has 0 aliphatic carbocycles. The maximum Gasteiger partial charge on any atom is 0.136 e. The number of H-pyrrole nitrogens is 1. The number of hydrogen-bond acceptors (Lipinski definition) is 1. The fourth-order valence-corrected chi connectivity index (χ4v) is 0.913. The van der Waals surface area contributed by atoms with Gasteiger partial charge in [-0.25, -0.2) is 4.98 Å². The molecule has 0 aromatic carbocycles. The second kappa shape index (κ2) is 3.62. The van der Waals surface area contributed by atoms with Crippen LogP contribution in [0.25, 0.3) is 0 Å². The fraction of sp³-hybridized carbons (Fsp3) is 0.571. The summed E-state index contributed by atoms with van der Waals surface area (Å²) in [6.07, 6.45) is 5.94. The van der Waals surface area contributed by atoms with E-state index >= 15 is 0 Å². The summed E-state index contributed by atoms with van der Waals surface area (Å²) in [6.45, 7) is 2.15. The molecule has 10 heavy (non-hydrogen) atoms.